The van der Waals surface area contributed by atoms with Gasteiger partial charge in [0.1, 0.15) is 0 Å². The largest absolute Gasteiger partial charge is 0.342 e. The Labute approximate surface area is 110 Å². The Kier molecular flexibility index (Phi) is 3.18. The molecule has 3 rings (SSSR count). The maximum Gasteiger partial charge on any atom is 0.228 e. The van der Waals surface area contributed by atoms with Crippen molar-refractivity contribution in [2.24, 2.45) is 11.8 Å². The number of likely N-dealkylation sites (tertiary alicyclic amines) is 1. The number of carbonyl (C=O) groups excluding carboxylic acids is 2. The molecule has 1 aromatic rings. The number of piperidine rings is 1. The first-order chi connectivity index (χ1) is 9.24. The van der Waals surface area contributed by atoms with E-state index in [4.69, 9.17) is 0 Å². The minimum atomic E-state index is -0.0417. The molecule has 1 saturated heterocycles. The van der Waals surface area contributed by atoms with Crippen molar-refractivity contribution in [2.45, 2.75) is 25.7 Å². The molecule has 7 heteroatoms. The third-order valence-electron chi connectivity index (χ3n) is 3.77. The fourth-order valence-electron chi connectivity index (χ4n) is 2.44. The molecule has 1 aliphatic heterocycles. The molecule has 2 fully saturated rings. The van der Waals surface area contributed by atoms with Gasteiger partial charge in [-0.1, -0.05) is 0 Å². The molecule has 2 N–H and O–H groups in total. The lowest BCUT2D eigenvalue weighted by Crippen LogP contribution is -2.42. The highest BCUT2D eigenvalue weighted by Crippen LogP contribution is 2.32. The van der Waals surface area contributed by atoms with Crippen LogP contribution < -0.4 is 5.32 Å². The Hall–Kier alpha value is -1.92. The first-order valence-electron chi connectivity index (χ1n) is 6.69. The summed E-state index contributed by atoms with van der Waals surface area (Å²) in [7, 11) is 0. The lowest BCUT2D eigenvalue weighted by molar-refractivity contribution is -0.135. The number of H-pyrrole nitrogens is 1. The minimum Gasteiger partial charge on any atom is -0.342 e. The number of aromatic amines is 1. The van der Waals surface area contributed by atoms with E-state index in [2.05, 4.69) is 20.7 Å². The van der Waals surface area contributed by atoms with Crippen molar-refractivity contribution in [1.82, 2.24) is 20.3 Å². The average molecular weight is 263 g/mol. The smallest absolute Gasteiger partial charge is 0.228 e. The highest BCUT2D eigenvalue weighted by molar-refractivity contribution is 5.91. The van der Waals surface area contributed by atoms with E-state index in [1.807, 2.05) is 4.90 Å². The van der Waals surface area contributed by atoms with Crippen LogP contribution in [0.3, 0.4) is 0 Å². The fraction of sp³-hybridized carbons (Fsp3) is 0.667. The number of rotatable bonds is 3. The summed E-state index contributed by atoms with van der Waals surface area (Å²) in [4.78, 5) is 25.8. The summed E-state index contributed by atoms with van der Waals surface area (Å²) in [6, 6.07) is 0. The molecule has 1 aromatic heterocycles. The zero-order valence-corrected chi connectivity index (χ0v) is 10.6. The van der Waals surface area contributed by atoms with E-state index < -0.39 is 0 Å². The number of hydrogen-bond donors (Lipinski definition) is 2. The van der Waals surface area contributed by atoms with Crippen LogP contribution in [0.5, 0.6) is 0 Å². The Bertz CT molecular complexity index is 460. The normalized spacial score (nSPS) is 20.3. The van der Waals surface area contributed by atoms with Crippen molar-refractivity contribution in [3.8, 4) is 0 Å². The maximum atomic E-state index is 12.0. The third-order valence-corrected chi connectivity index (χ3v) is 3.77. The van der Waals surface area contributed by atoms with Gasteiger partial charge >= 0.3 is 0 Å². The lowest BCUT2D eigenvalue weighted by Gasteiger charge is -2.31. The standard InChI is InChI=1S/C12H17N5O2/c18-11(14-10-7-13-16-15-10)8-3-5-17(6-4-8)12(19)9-1-2-9/h7-9H,1-6H2,(H2,13,14,15,16,18). The van der Waals surface area contributed by atoms with E-state index in [0.29, 0.717) is 18.9 Å². The van der Waals surface area contributed by atoms with Crippen molar-refractivity contribution in [2.75, 3.05) is 18.4 Å². The predicted molar refractivity (Wildman–Crippen MR) is 67.0 cm³/mol. The molecule has 102 valence electrons. The quantitative estimate of drug-likeness (QED) is 0.825. The number of amides is 2. The van der Waals surface area contributed by atoms with E-state index in [1.165, 1.54) is 6.20 Å². The number of carbonyl (C=O) groups is 2. The van der Waals surface area contributed by atoms with Crippen LogP contribution >= 0.6 is 0 Å². The lowest BCUT2D eigenvalue weighted by atomic mass is 9.95. The van der Waals surface area contributed by atoms with Gasteiger partial charge in [-0.3, -0.25) is 9.59 Å². The minimum absolute atomic E-state index is 0.0348. The van der Waals surface area contributed by atoms with Gasteiger partial charge < -0.3 is 10.2 Å². The Morgan fingerprint density at radius 1 is 1.21 bits per heavy atom. The molecule has 0 radical (unpaired) electrons. The van der Waals surface area contributed by atoms with Crippen LogP contribution in [0.2, 0.25) is 0 Å². The summed E-state index contributed by atoms with van der Waals surface area (Å²) in [5, 5.41) is 12.6. The van der Waals surface area contributed by atoms with Crippen molar-refractivity contribution in [3.63, 3.8) is 0 Å². The molecule has 1 saturated carbocycles. The van der Waals surface area contributed by atoms with Crippen molar-refractivity contribution >= 4 is 17.6 Å². The molecular formula is C12H17N5O2. The van der Waals surface area contributed by atoms with Crippen molar-refractivity contribution < 1.29 is 9.59 Å². The summed E-state index contributed by atoms with van der Waals surface area (Å²) >= 11 is 0. The second kappa shape index (κ2) is 4.99. The fourth-order valence-corrected chi connectivity index (χ4v) is 2.44. The molecule has 1 aliphatic carbocycles. The summed E-state index contributed by atoms with van der Waals surface area (Å²) < 4.78 is 0. The maximum absolute atomic E-state index is 12.0. The SMILES string of the molecule is O=C(Nc1cn[nH]n1)C1CCN(C(=O)C2CC2)CC1. The molecule has 0 bridgehead atoms. The summed E-state index contributed by atoms with van der Waals surface area (Å²) in [5.41, 5.74) is 0. The van der Waals surface area contributed by atoms with Crippen molar-refractivity contribution in [3.05, 3.63) is 6.20 Å². The van der Waals surface area contributed by atoms with E-state index in [-0.39, 0.29) is 23.7 Å². The van der Waals surface area contributed by atoms with Gasteiger partial charge in [0.2, 0.25) is 11.8 Å². The topological polar surface area (TPSA) is 91.0 Å². The zero-order chi connectivity index (χ0) is 13.2. The Morgan fingerprint density at radius 3 is 2.53 bits per heavy atom. The van der Waals surface area contributed by atoms with E-state index in [0.717, 1.165) is 25.7 Å². The van der Waals surface area contributed by atoms with Gasteiger partial charge in [-0.15, -0.1) is 5.10 Å². The van der Waals surface area contributed by atoms with Crippen LogP contribution in [0.15, 0.2) is 6.20 Å². The second-order valence-corrected chi connectivity index (χ2v) is 5.22. The molecule has 2 heterocycles. The molecular weight excluding hydrogens is 246 g/mol. The van der Waals surface area contributed by atoms with Gasteiger partial charge in [0.05, 0.1) is 6.20 Å². The van der Waals surface area contributed by atoms with Crippen molar-refractivity contribution in [1.29, 1.82) is 0 Å². The van der Waals surface area contributed by atoms with Crippen LogP contribution in [0, 0.1) is 11.8 Å². The number of hydrogen-bond acceptors (Lipinski definition) is 4. The van der Waals surface area contributed by atoms with Gasteiger partial charge in [0, 0.05) is 24.9 Å². The first kappa shape index (κ1) is 12.1. The third kappa shape index (κ3) is 2.74. The van der Waals surface area contributed by atoms with Crippen LogP contribution in [0.4, 0.5) is 5.82 Å². The zero-order valence-electron chi connectivity index (χ0n) is 10.6. The van der Waals surface area contributed by atoms with Crippen LogP contribution in [0.1, 0.15) is 25.7 Å². The summed E-state index contributed by atoms with van der Waals surface area (Å²) in [6.07, 6.45) is 4.99. The van der Waals surface area contributed by atoms with Gasteiger partial charge in [-0.25, -0.2) is 0 Å². The highest BCUT2D eigenvalue weighted by Gasteiger charge is 2.35. The van der Waals surface area contributed by atoms with Gasteiger partial charge in [0.25, 0.3) is 0 Å². The molecule has 0 spiro atoms. The second-order valence-electron chi connectivity index (χ2n) is 5.22. The Morgan fingerprint density at radius 2 is 1.95 bits per heavy atom. The molecule has 0 unspecified atom stereocenters. The molecule has 2 aliphatic rings. The average Bonchev–Trinajstić information content (AvgIpc) is 3.17. The Balaban J connectivity index is 1.49. The first-order valence-corrected chi connectivity index (χ1v) is 6.69. The highest BCUT2D eigenvalue weighted by atomic mass is 16.2. The molecule has 19 heavy (non-hydrogen) atoms. The molecule has 0 atom stereocenters. The molecule has 0 aromatic carbocycles. The van der Waals surface area contributed by atoms with Gasteiger partial charge in [0.15, 0.2) is 5.82 Å². The van der Waals surface area contributed by atoms with Crippen LogP contribution in [-0.4, -0.2) is 45.2 Å². The van der Waals surface area contributed by atoms with Gasteiger partial charge in [-0.2, -0.15) is 10.3 Å². The van der Waals surface area contributed by atoms with Gasteiger partial charge in [-0.05, 0) is 25.7 Å². The molecule has 2 amide bonds. The predicted octanol–water partition coefficient (Wildman–Crippen LogP) is 0.392. The van der Waals surface area contributed by atoms with E-state index in [9.17, 15) is 9.59 Å². The number of nitrogens with zero attached hydrogens (tertiary/aromatic N) is 3. The van der Waals surface area contributed by atoms with E-state index >= 15 is 0 Å². The summed E-state index contributed by atoms with van der Waals surface area (Å²) in [6.45, 7) is 1.37. The van der Waals surface area contributed by atoms with Crippen LogP contribution in [-0.2, 0) is 9.59 Å². The molecule has 7 nitrogen and oxygen atoms in total. The number of nitrogens with one attached hydrogen (secondary N) is 2. The number of aromatic nitrogens is 3. The summed E-state index contributed by atoms with van der Waals surface area (Å²) in [5.74, 6) is 0.907. The number of anilines is 1. The van der Waals surface area contributed by atoms with E-state index in [1.54, 1.807) is 0 Å². The van der Waals surface area contributed by atoms with Crippen LogP contribution in [0.25, 0.3) is 0 Å². The monoisotopic (exact) mass is 263 g/mol.